The molecule has 0 aliphatic carbocycles. The molecule has 0 aliphatic rings. The molecule has 26 heavy (non-hydrogen) atoms. The van der Waals surface area contributed by atoms with E-state index in [-0.39, 0.29) is 0 Å². The number of nitrogens with zero attached hydrogens (tertiary/aromatic N) is 1. The standard InChI is InChI=1S/C21H21N3O2/c1-14-13-16(21(23)26)6-10-19(14)24-18(3-2-12-25)9-11-20(24)15-4-7-17(22)8-5-15/h4-13H,2-3,22H2,1H3,(H2,23,26). The second-order valence-electron chi connectivity index (χ2n) is 6.24. The highest BCUT2D eigenvalue weighted by Gasteiger charge is 2.14. The molecule has 1 amide bonds. The van der Waals surface area contributed by atoms with Gasteiger partial charge < -0.3 is 20.8 Å². The maximum absolute atomic E-state index is 11.4. The summed E-state index contributed by atoms with van der Waals surface area (Å²) in [6.07, 6.45) is 2.00. The highest BCUT2D eigenvalue weighted by molar-refractivity contribution is 5.93. The number of benzene rings is 2. The summed E-state index contributed by atoms with van der Waals surface area (Å²) in [6.45, 7) is 1.94. The molecule has 0 unspecified atom stereocenters. The van der Waals surface area contributed by atoms with E-state index in [0.29, 0.717) is 24.1 Å². The molecule has 0 bridgehead atoms. The van der Waals surface area contributed by atoms with Crippen molar-refractivity contribution in [1.82, 2.24) is 4.57 Å². The molecule has 0 atom stereocenters. The normalized spacial score (nSPS) is 10.7. The van der Waals surface area contributed by atoms with E-state index in [4.69, 9.17) is 11.5 Å². The zero-order chi connectivity index (χ0) is 18.7. The Morgan fingerprint density at radius 2 is 1.81 bits per heavy atom. The molecule has 3 rings (SSSR count). The molecular weight excluding hydrogens is 326 g/mol. The van der Waals surface area contributed by atoms with Crippen molar-refractivity contribution in [2.75, 3.05) is 5.73 Å². The lowest BCUT2D eigenvalue weighted by molar-refractivity contribution is -0.107. The zero-order valence-electron chi connectivity index (χ0n) is 14.6. The van der Waals surface area contributed by atoms with Crippen molar-refractivity contribution in [2.24, 2.45) is 5.73 Å². The minimum absolute atomic E-state index is 0.448. The van der Waals surface area contributed by atoms with Crippen LogP contribution < -0.4 is 11.5 Å². The number of primary amides is 1. The number of aromatic nitrogens is 1. The summed E-state index contributed by atoms with van der Waals surface area (Å²) < 4.78 is 2.12. The van der Waals surface area contributed by atoms with E-state index in [9.17, 15) is 9.59 Å². The van der Waals surface area contributed by atoms with Crippen LogP contribution in [0.25, 0.3) is 16.9 Å². The minimum Gasteiger partial charge on any atom is -0.399 e. The molecule has 0 radical (unpaired) electrons. The molecule has 0 saturated heterocycles. The molecule has 5 heteroatoms. The van der Waals surface area contributed by atoms with Gasteiger partial charge in [-0.05, 0) is 66.9 Å². The van der Waals surface area contributed by atoms with Crippen LogP contribution in [0.3, 0.4) is 0 Å². The third-order valence-corrected chi connectivity index (χ3v) is 4.41. The van der Waals surface area contributed by atoms with Crippen LogP contribution in [0.2, 0.25) is 0 Å². The van der Waals surface area contributed by atoms with Crippen LogP contribution in [-0.2, 0) is 11.2 Å². The third-order valence-electron chi connectivity index (χ3n) is 4.41. The van der Waals surface area contributed by atoms with Crippen molar-refractivity contribution in [2.45, 2.75) is 19.8 Å². The Labute approximate surface area is 152 Å². The van der Waals surface area contributed by atoms with Crippen LogP contribution in [0.4, 0.5) is 5.69 Å². The fraction of sp³-hybridized carbons (Fsp3) is 0.143. The largest absolute Gasteiger partial charge is 0.399 e. The van der Waals surface area contributed by atoms with Gasteiger partial charge in [-0.1, -0.05) is 12.1 Å². The van der Waals surface area contributed by atoms with Crippen molar-refractivity contribution >= 4 is 17.9 Å². The molecule has 3 aromatic rings. The maximum Gasteiger partial charge on any atom is 0.248 e. The van der Waals surface area contributed by atoms with Gasteiger partial charge in [0, 0.05) is 29.1 Å². The number of carbonyl (C=O) groups excluding carboxylic acids is 2. The number of rotatable bonds is 6. The molecule has 1 aromatic heterocycles. The minimum atomic E-state index is -0.452. The van der Waals surface area contributed by atoms with Crippen molar-refractivity contribution < 1.29 is 9.59 Å². The van der Waals surface area contributed by atoms with Crippen LogP contribution in [-0.4, -0.2) is 16.8 Å². The first kappa shape index (κ1) is 17.5. The second kappa shape index (κ2) is 7.27. The van der Waals surface area contributed by atoms with Gasteiger partial charge >= 0.3 is 0 Å². The van der Waals surface area contributed by atoms with Crippen molar-refractivity contribution in [3.05, 3.63) is 71.4 Å². The molecule has 4 N–H and O–H groups in total. The summed E-state index contributed by atoms with van der Waals surface area (Å²) in [4.78, 5) is 22.3. The Bertz CT molecular complexity index is 956. The van der Waals surface area contributed by atoms with Crippen molar-refractivity contribution in [1.29, 1.82) is 0 Å². The summed E-state index contributed by atoms with van der Waals surface area (Å²) in [5.74, 6) is -0.452. The van der Waals surface area contributed by atoms with Gasteiger partial charge in [0.05, 0.1) is 5.69 Å². The van der Waals surface area contributed by atoms with E-state index in [0.717, 1.165) is 34.5 Å². The van der Waals surface area contributed by atoms with Gasteiger partial charge in [-0.3, -0.25) is 4.79 Å². The molecule has 0 fully saturated rings. The molecule has 132 valence electrons. The molecule has 5 nitrogen and oxygen atoms in total. The number of aldehydes is 1. The van der Waals surface area contributed by atoms with E-state index in [1.807, 2.05) is 49.4 Å². The molecule has 0 saturated carbocycles. The number of carbonyl (C=O) groups is 2. The molecular formula is C21H21N3O2. The highest BCUT2D eigenvalue weighted by Crippen LogP contribution is 2.30. The summed E-state index contributed by atoms with van der Waals surface area (Å²) >= 11 is 0. The lowest BCUT2D eigenvalue weighted by Gasteiger charge is -2.17. The number of hydrogen-bond acceptors (Lipinski definition) is 3. The quantitative estimate of drug-likeness (QED) is 0.529. The smallest absolute Gasteiger partial charge is 0.248 e. The fourth-order valence-corrected chi connectivity index (χ4v) is 3.10. The SMILES string of the molecule is Cc1cc(C(N)=O)ccc1-n1c(CCC=O)ccc1-c1ccc(N)cc1. The monoisotopic (exact) mass is 347 g/mol. The zero-order valence-corrected chi connectivity index (χ0v) is 14.6. The average Bonchev–Trinajstić information content (AvgIpc) is 3.04. The summed E-state index contributed by atoms with van der Waals surface area (Å²) in [5.41, 5.74) is 17.3. The predicted molar refractivity (Wildman–Crippen MR) is 103 cm³/mol. The number of nitrogens with two attached hydrogens (primary N) is 2. The number of aryl methyl sites for hydroxylation is 2. The van der Waals surface area contributed by atoms with E-state index in [1.54, 1.807) is 12.1 Å². The topological polar surface area (TPSA) is 91.1 Å². The number of anilines is 1. The first-order valence-corrected chi connectivity index (χ1v) is 8.42. The van der Waals surface area contributed by atoms with Gasteiger partial charge in [0.2, 0.25) is 5.91 Å². The number of amides is 1. The van der Waals surface area contributed by atoms with E-state index >= 15 is 0 Å². The Kier molecular flexibility index (Phi) is 4.89. The van der Waals surface area contributed by atoms with Gasteiger partial charge in [-0.25, -0.2) is 0 Å². The summed E-state index contributed by atoms with van der Waals surface area (Å²) in [6, 6.07) is 17.1. The molecule has 2 aromatic carbocycles. The number of hydrogen-bond donors (Lipinski definition) is 2. The first-order chi connectivity index (χ1) is 12.5. The van der Waals surface area contributed by atoms with Crippen LogP contribution in [0.1, 0.15) is 28.0 Å². The van der Waals surface area contributed by atoms with Crippen LogP contribution >= 0.6 is 0 Å². The third kappa shape index (κ3) is 3.37. The van der Waals surface area contributed by atoms with Crippen LogP contribution in [0.15, 0.2) is 54.6 Å². The Morgan fingerprint density at radius 3 is 2.42 bits per heavy atom. The van der Waals surface area contributed by atoms with Crippen molar-refractivity contribution in [3.63, 3.8) is 0 Å². The summed E-state index contributed by atoms with van der Waals surface area (Å²) in [7, 11) is 0. The van der Waals surface area contributed by atoms with Gasteiger partial charge in [-0.2, -0.15) is 0 Å². The van der Waals surface area contributed by atoms with Gasteiger partial charge in [-0.15, -0.1) is 0 Å². The lowest BCUT2D eigenvalue weighted by Crippen LogP contribution is -2.12. The number of nitrogen functional groups attached to an aromatic ring is 1. The molecule has 0 spiro atoms. The summed E-state index contributed by atoms with van der Waals surface area (Å²) in [5, 5.41) is 0. The maximum atomic E-state index is 11.4. The van der Waals surface area contributed by atoms with Gasteiger partial charge in [0.1, 0.15) is 6.29 Å². The second-order valence-corrected chi connectivity index (χ2v) is 6.24. The Hall–Kier alpha value is -3.34. The van der Waals surface area contributed by atoms with Crippen molar-refractivity contribution in [3.8, 4) is 16.9 Å². The first-order valence-electron chi connectivity index (χ1n) is 8.42. The lowest BCUT2D eigenvalue weighted by atomic mass is 10.1. The molecule has 0 aliphatic heterocycles. The Morgan fingerprint density at radius 1 is 1.08 bits per heavy atom. The molecule has 1 heterocycles. The van der Waals surface area contributed by atoms with E-state index < -0.39 is 5.91 Å². The predicted octanol–water partition coefficient (Wildman–Crippen LogP) is 3.27. The van der Waals surface area contributed by atoms with Gasteiger partial charge in [0.25, 0.3) is 0 Å². The Balaban J connectivity index is 2.17. The van der Waals surface area contributed by atoms with Crippen LogP contribution in [0, 0.1) is 6.92 Å². The fourth-order valence-electron chi connectivity index (χ4n) is 3.10. The van der Waals surface area contributed by atoms with E-state index in [2.05, 4.69) is 4.57 Å². The highest BCUT2D eigenvalue weighted by atomic mass is 16.1. The average molecular weight is 347 g/mol. The van der Waals surface area contributed by atoms with Crippen LogP contribution in [0.5, 0.6) is 0 Å². The van der Waals surface area contributed by atoms with Gasteiger partial charge in [0.15, 0.2) is 0 Å². The van der Waals surface area contributed by atoms with E-state index in [1.165, 1.54) is 0 Å².